The summed E-state index contributed by atoms with van der Waals surface area (Å²) in [4.78, 5) is 10.9. The molecule has 1 unspecified atom stereocenters. The fraction of sp³-hybridized carbons (Fsp3) is 0.889. The van der Waals surface area contributed by atoms with Crippen molar-refractivity contribution in [2.75, 3.05) is 24.3 Å². The number of hydrogen-bond donors (Lipinski definition) is 0. The lowest BCUT2D eigenvalue weighted by molar-refractivity contribution is -0.142. The Morgan fingerprint density at radius 2 is 2.07 bits per heavy atom. The third kappa shape index (κ3) is 8.64. The predicted octanol–water partition coefficient (Wildman–Crippen LogP) is 2.94. The second-order valence-corrected chi connectivity index (χ2v) is 5.53. The van der Waals surface area contributed by atoms with Crippen LogP contribution in [0.1, 0.15) is 26.2 Å². The maximum atomic E-state index is 11.4. The van der Waals surface area contributed by atoms with E-state index in [0.29, 0.717) is 12.8 Å². The molecule has 0 radical (unpaired) electrons. The molecule has 0 aromatic rings. The average Bonchev–Trinajstić information content (AvgIpc) is 2.16. The van der Waals surface area contributed by atoms with Crippen LogP contribution in [-0.4, -0.2) is 30.2 Å². The first kappa shape index (κ1) is 14.1. The Morgan fingerprint density at radius 3 is 2.64 bits per heavy atom. The summed E-state index contributed by atoms with van der Waals surface area (Å²) in [5.41, 5.74) is 0. The summed E-state index contributed by atoms with van der Waals surface area (Å²) in [5, 5.41) is 0.952. The molecule has 0 amide bonds. The lowest BCUT2D eigenvalue weighted by Gasteiger charge is -1.96. The van der Waals surface area contributed by atoms with E-state index in [9.17, 15) is 9.36 Å². The molecule has 0 aliphatic rings. The van der Waals surface area contributed by atoms with Gasteiger partial charge in [0.05, 0.1) is 13.0 Å². The molecule has 0 aliphatic carbocycles. The number of esters is 1. The zero-order valence-electron chi connectivity index (χ0n) is 8.50. The minimum atomic E-state index is -1.21. The standard InChI is InChI=1S/C9H17BrO3P/c1-2-13-9(11)5-8-14(12)7-4-3-6-10/h2-8H2,1H3/q+1. The largest absolute Gasteiger partial charge is 0.466 e. The topological polar surface area (TPSA) is 43.4 Å². The Kier molecular flexibility index (Phi) is 9.63. The summed E-state index contributed by atoms with van der Waals surface area (Å²) in [6.45, 7) is 2.17. The molecular weight excluding hydrogens is 267 g/mol. The lowest BCUT2D eigenvalue weighted by atomic mass is 10.4. The highest BCUT2D eigenvalue weighted by molar-refractivity contribution is 9.09. The molecule has 1 atom stereocenters. The molecule has 0 fully saturated rings. The fourth-order valence-electron chi connectivity index (χ4n) is 0.944. The second-order valence-electron chi connectivity index (χ2n) is 2.88. The highest BCUT2D eigenvalue weighted by atomic mass is 79.9. The molecule has 0 saturated carbocycles. The number of halogens is 1. The molecule has 0 saturated heterocycles. The van der Waals surface area contributed by atoms with Crippen molar-refractivity contribution in [1.29, 1.82) is 0 Å². The number of alkyl halides is 1. The molecule has 0 N–H and O–H groups in total. The van der Waals surface area contributed by atoms with Crippen LogP contribution in [0.2, 0.25) is 0 Å². The van der Waals surface area contributed by atoms with Crippen LogP contribution in [0.3, 0.4) is 0 Å². The fourth-order valence-corrected chi connectivity index (χ4v) is 2.57. The average molecular weight is 284 g/mol. The first-order valence-corrected chi connectivity index (χ1v) is 7.59. The van der Waals surface area contributed by atoms with Crippen LogP contribution in [0.25, 0.3) is 0 Å². The second kappa shape index (κ2) is 9.60. The summed E-state index contributed by atoms with van der Waals surface area (Å²) < 4.78 is 16.1. The first-order valence-electron chi connectivity index (χ1n) is 4.84. The van der Waals surface area contributed by atoms with Gasteiger partial charge in [-0.15, -0.1) is 0 Å². The van der Waals surface area contributed by atoms with Gasteiger partial charge >= 0.3 is 13.8 Å². The van der Waals surface area contributed by atoms with Gasteiger partial charge in [0.1, 0.15) is 6.16 Å². The summed E-state index contributed by atoms with van der Waals surface area (Å²) in [6.07, 6.45) is 3.48. The zero-order chi connectivity index (χ0) is 10.8. The number of ether oxygens (including phenoxy) is 1. The molecule has 0 aliphatic heterocycles. The quantitative estimate of drug-likeness (QED) is 0.298. The molecule has 82 valence electrons. The van der Waals surface area contributed by atoms with Gasteiger partial charge in [-0.25, -0.2) is 0 Å². The van der Waals surface area contributed by atoms with E-state index < -0.39 is 7.80 Å². The molecule has 0 spiro atoms. The highest BCUT2D eigenvalue weighted by Crippen LogP contribution is 2.23. The predicted molar refractivity (Wildman–Crippen MR) is 61.6 cm³/mol. The van der Waals surface area contributed by atoms with E-state index in [1.54, 1.807) is 6.92 Å². The van der Waals surface area contributed by atoms with Crippen LogP contribution < -0.4 is 0 Å². The van der Waals surface area contributed by atoms with Gasteiger partial charge in [0.25, 0.3) is 0 Å². The summed E-state index contributed by atoms with van der Waals surface area (Å²) in [5.74, 6) is -0.239. The van der Waals surface area contributed by atoms with Crippen LogP contribution in [0.15, 0.2) is 0 Å². The van der Waals surface area contributed by atoms with Crippen LogP contribution in [0.5, 0.6) is 0 Å². The van der Waals surface area contributed by atoms with Gasteiger partial charge in [0.2, 0.25) is 0 Å². The lowest BCUT2D eigenvalue weighted by Crippen LogP contribution is -2.04. The van der Waals surface area contributed by atoms with Crippen molar-refractivity contribution in [3.05, 3.63) is 0 Å². The van der Waals surface area contributed by atoms with E-state index in [4.69, 9.17) is 4.74 Å². The number of hydrogen-bond acceptors (Lipinski definition) is 3. The van der Waals surface area contributed by atoms with Crippen LogP contribution in [0, 0.1) is 0 Å². The molecular formula is C9H17BrO3P+. The minimum Gasteiger partial charge on any atom is -0.466 e. The van der Waals surface area contributed by atoms with Crippen molar-refractivity contribution in [3.63, 3.8) is 0 Å². The van der Waals surface area contributed by atoms with E-state index in [-0.39, 0.29) is 12.4 Å². The van der Waals surface area contributed by atoms with Crippen molar-refractivity contribution in [2.45, 2.75) is 26.2 Å². The number of unbranched alkanes of at least 4 members (excludes halogenated alkanes) is 1. The van der Waals surface area contributed by atoms with Crippen molar-refractivity contribution < 1.29 is 14.1 Å². The van der Waals surface area contributed by atoms with Gasteiger partial charge in [-0.05, 0) is 19.8 Å². The number of carbonyl (C=O) groups excluding carboxylic acids is 1. The zero-order valence-corrected chi connectivity index (χ0v) is 11.0. The van der Waals surface area contributed by atoms with Crippen LogP contribution >= 0.6 is 23.7 Å². The van der Waals surface area contributed by atoms with Crippen molar-refractivity contribution in [3.8, 4) is 0 Å². The normalized spacial score (nSPS) is 11.1. The van der Waals surface area contributed by atoms with E-state index in [1.807, 2.05) is 0 Å². The monoisotopic (exact) mass is 283 g/mol. The summed E-state index contributed by atoms with van der Waals surface area (Å²) >= 11 is 3.31. The summed E-state index contributed by atoms with van der Waals surface area (Å²) in [6, 6.07) is 0. The van der Waals surface area contributed by atoms with Gasteiger partial charge in [-0.2, -0.15) is 0 Å². The van der Waals surface area contributed by atoms with Gasteiger partial charge in [0, 0.05) is 5.33 Å². The molecule has 0 aromatic heterocycles. The molecule has 0 aromatic carbocycles. The molecule has 0 bridgehead atoms. The molecule has 0 heterocycles. The highest BCUT2D eigenvalue weighted by Gasteiger charge is 2.16. The Labute approximate surface area is 94.5 Å². The maximum Gasteiger partial charge on any atom is 0.339 e. The van der Waals surface area contributed by atoms with Crippen molar-refractivity contribution >= 4 is 29.7 Å². The number of rotatable bonds is 8. The van der Waals surface area contributed by atoms with E-state index in [1.165, 1.54) is 0 Å². The Hall–Kier alpha value is 0.0500. The molecule has 3 nitrogen and oxygen atoms in total. The summed E-state index contributed by atoms with van der Waals surface area (Å²) in [7, 11) is -1.21. The van der Waals surface area contributed by atoms with E-state index >= 15 is 0 Å². The van der Waals surface area contributed by atoms with Crippen molar-refractivity contribution in [2.24, 2.45) is 0 Å². The molecule has 14 heavy (non-hydrogen) atoms. The Morgan fingerprint density at radius 1 is 1.36 bits per heavy atom. The molecule has 0 rings (SSSR count). The van der Waals surface area contributed by atoms with Crippen molar-refractivity contribution in [1.82, 2.24) is 0 Å². The smallest absolute Gasteiger partial charge is 0.339 e. The maximum absolute atomic E-state index is 11.4. The Bertz CT molecular complexity index is 185. The van der Waals surface area contributed by atoms with E-state index in [2.05, 4.69) is 15.9 Å². The SMILES string of the molecule is CCOC(=O)CC[P+](=O)CCCCBr. The first-order chi connectivity index (χ1) is 6.70. The third-order valence-corrected chi connectivity index (χ3v) is 3.76. The van der Waals surface area contributed by atoms with Crippen LogP contribution in [0.4, 0.5) is 0 Å². The Balaban J connectivity index is 3.39. The van der Waals surface area contributed by atoms with Gasteiger partial charge in [-0.3, -0.25) is 4.79 Å². The van der Waals surface area contributed by atoms with Crippen LogP contribution in [-0.2, 0) is 14.1 Å². The van der Waals surface area contributed by atoms with Gasteiger partial charge in [-0.1, -0.05) is 20.5 Å². The molecule has 5 heteroatoms. The van der Waals surface area contributed by atoms with E-state index in [0.717, 1.165) is 24.3 Å². The van der Waals surface area contributed by atoms with Gasteiger partial charge < -0.3 is 4.74 Å². The number of carbonyl (C=O) groups is 1. The third-order valence-electron chi connectivity index (χ3n) is 1.66. The minimum absolute atomic E-state index is 0.239. The van der Waals surface area contributed by atoms with Gasteiger partial charge in [0.15, 0.2) is 6.16 Å².